The van der Waals surface area contributed by atoms with Crippen molar-refractivity contribution in [2.75, 3.05) is 7.11 Å². The highest BCUT2D eigenvalue weighted by Crippen LogP contribution is 2.35. The van der Waals surface area contributed by atoms with Gasteiger partial charge in [0, 0.05) is 18.7 Å². The summed E-state index contributed by atoms with van der Waals surface area (Å²) < 4.78 is 31.7. The van der Waals surface area contributed by atoms with Crippen LogP contribution >= 0.6 is 0 Å². The van der Waals surface area contributed by atoms with Crippen LogP contribution in [-0.2, 0) is 4.74 Å². The molecule has 0 bridgehead atoms. The summed E-state index contributed by atoms with van der Waals surface area (Å²) in [6, 6.07) is 3.16. The summed E-state index contributed by atoms with van der Waals surface area (Å²) in [5, 5.41) is 10.2. The predicted molar refractivity (Wildman–Crippen MR) is 61.6 cm³/mol. The number of ether oxygens (including phenoxy) is 1. The molecule has 0 aliphatic rings. The van der Waals surface area contributed by atoms with E-state index in [1.807, 2.05) is 13.8 Å². The van der Waals surface area contributed by atoms with Gasteiger partial charge in [-0.2, -0.15) is 0 Å². The van der Waals surface area contributed by atoms with Crippen LogP contribution in [0.3, 0.4) is 0 Å². The molecule has 96 valence electrons. The van der Waals surface area contributed by atoms with E-state index in [-0.39, 0.29) is 5.56 Å². The fraction of sp³-hybridized carbons (Fsp3) is 0.538. The van der Waals surface area contributed by atoms with Crippen molar-refractivity contribution < 1.29 is 18.6 Å². The maximum atomic E-state index is 13.6. The Morgan fingerprint density at radius 1 is 1.29 bits per heavy atom. The minimum atomic E-state index is -1.11. The summed E-state index contributed by atoms with van der Waals surface area (Å²) in [5.74, 6) is -1.41. The van der Waals surface area contributed by atoms with Crippen molar-refractivity contribution in [3.05, 3.63) is 35.4 Å². The van der Waals surface area contributed by atoms with Crippen LogP contribution in [-0.4, -0.2) is 17.8 Å². The molecule has 0 saturated carbocycles. The fourth-order valence-electron chi connectivity index (χ4n) is 2.04. The van der Waals surface area contributed by atoms with E-state index >= 15 is 0 Å². The Bertz CT molecular complexity index is 367. The van der Waals surface area contributed by atoms with Gasteiger partial charge in [0.2, 0.25) is 0 Å². The van der Waals surface area contributed by atoms with Gasteiger partial charge < -0.3 is 9.84 Å². The number of hydrogen-bond acceptors (Lipinski definition) is 2. The Labute approximate surface area is 100 Å². The number of rotatable bonds is 5. The van der Waals surface area contributed by atoms with E-state index in [0.29, 0.717) is 12.8 Å². The first-order valence-electron chi connectivity index (χ1n) is 5.69. The number of hydrogen-bond donors (Lipinski definition) is 1. The third-order valence-corrected chi connectivity index (χ3v) is 3.36. The second-order valence-corrected chi connectivity index (χ2v) is 4.04. The molecule has 0 fully saturated rings. The molecule has 1 unspecified atom stereocenters. The van der Waals surface area contributed by atoms with Gasteiger partial charge >= 0.3 is 0 Å². The molecular formula is C13H18F2O2. The molecule has 1 aromatic rings. The second-order valence-electron chi connectivity index (χ2n) is 4.04. The van der Waals surface area contributed by atoms with Crippen LogP contribution in [0.2, 0.25) is 0 Å². The number of benzene rings is 1. The van der Waals surface area contributed by atoms with Crippen LogP contribution in [0, 0.1) is 11.6 Å². The van der Waals surface area contributed by atoms with Gasteiger partial charge in [0.25, 0.3) is 0 Å². The summed E-state index contributed by atoms with van der Waals surface area (Å²) in [6.45, 7) is 3.72. The van der Waals surface area contributed by atoms with E-state index in [9.17, 15) is 13.9 Å². The minimum Gasteiger partial charge on any atom is -0.385 e. The van der Waals surface area contributed by atoms with E-state index in [2.05, 4.69) is 0 Å². The molecule has 1 N–H and O–H groups in total. The number of aliphatic hydroxyl groups is 1. The predicted octanol–water partition coefficient (Wildman–Crippen LogP) is 3.20. The van der Waals surface area contributed by atoms with Crippen molar-refractivity contribution in [1.82, 2.24) is 0 Å². The third-order valence-electron chi connectivity index (χ3n) is 3.36. The monoisotopic (exact) mass is 244 g/mol. The van der Waals surface area contributed by atoms with E-state index < -0.39 is 23.3 Å². The lowest BCUT2D eigenvalue weighted by atomic mass is 9.86. The van der Waals surface area contributed by atoms with Gasteiger partial charge in [0.1, 0.15) is 17.7 Å². The Hall–Kier alpha value is -1.00. The molecular weight excluding hydrogens is 226 g/mol. The van der Waals surface area contributed by atoms with Crippen molar-refractivity contribution in [3.63, 3.8) is 0 Å². The van der Waals surface area contributed by atoms with Crippen molar-refractivity contribution in [2.45, 2.75) is 38.4 Å². The molecule has 0 heterocycles. The van der Waals surface area contributed by atoms with Gasteiger partial charge in [-0.3, -0.25) is 0 Å². The first-order valence-corrected chi connectivity index (χ1v) is 5.69. The Kier molecular flexibility index (Phi) is 4.60. The molecule has 0 aromatic heterocycles. The third kappa shape index (κ3) is 2.64. The Balaban J connectivity index is 3.13. The average Bonchev–Trinajstić information content (AvgIpc) is 2.32. The van der Waals surface area contributed by atoms with Crippen molar-refractivity contribution >= 4 is 0 Å². The lowest BCUT2D eigenvalue weighted by Crippen LogP contribution is -2.37. The fourth-order valence-corrected chi connectivity index (χ4v) is 2.04. The molecule has 0 saturated heterocycles. The molecule has 0 amide bonds. The van der Waals surface area contributed by atoms with E-state index in [0.717, 1.165) is 12.1 Å². The minimum absolute atomic E-state index is 0.0666. The lowest BCUT2D eigenvalue weighted by molar-refractivity contribution is -0.111. The van der Waals surface area contributed by atoms with E-state index in [4.69, 9.17) is 4.74 Å². The first-order chi connectivity index (χ1) is 8.00. The topological polar surface area (TPSA) is 29.5 Å². The van der Waals surface area contributed by atoms with Crippen LogP contribution in [0.15, 0.2) is 18.2 Å². The van der Waals surface area contributed by atoms with Crippen molar-refractivity contribution in [3.8, 4) is 0 Å². The highest BCUT2D eigenvalue weighted by molar-refractivity contribution is 5.23. The highest BCUT2D eigenvalue weighted by Gasteiger charge is 2.37. The molecule has 0 spiro atoms. The Morgan fingerprint density at radius 2 is 1.88 bits per heavy atom. The molecule has 17 heavy (non-hydrogen) atoms. The molecule has 1 aromatic carbocycles. The zero-order valence-electron chi connectivity index (χ0n) is 10.3. The van der Waals surface area contributed by atoms with E-state index in [1.165, 1.54) is 13.2 Å². The summed E-state index contributed by atoms with van der Waals surface area (Å²) in [6.07, 6.45) is -0.0289. The molecule has 0 aliphatic carbocycles. The van der Waals surface area contributed by atoms with Gasteiger partial charge in [-0.15, -0.1) is 0 Å². The molecule has 1 rings (SSSR count). The first kappa shape index (κ1) is 14.1. The van der Waals surface area contributed by atoms with Gasteiger partial charge in [-0.25, -0.2) is 8.78 Å². The summed E-state index contributed by atoms with van der Waals surface area (Å²) in [5.41, 5.74) is -0.768. The second kappa shape index (κ2) is 5.56. The van der Waals surface area contributed by atoms with Gasteiger partial charge in [0.05, 0.1) is 5.60 Å². The molecule has 1 atom stereocenters. The number of methoxy groups -OCH3 is 1. The van der Waals surface area contributed by atoms with Crippen LogP contribution in [0.5, 0.6) is 0 Å². The zero-order valence-corrected chi connectivity index (χ0v) is 10.3. The maximum absolute atomic E-state index is 13.6. The summed E-state index contributed by atoms with van der Waals surface area (Å²) in [7, 11) is 1.48. The molecule has 4 heteroatoms. The van der Waals surface area contributed by atoms with Crippen LogP contribution < -0.4 is 0 Å². The number of aliphatic hydroxyl groups excluding tert-OH is 1. The standard InChI is InChI=1S/C13H18F2O2/c1-4-13(5-2,17-3)12(16)10-7-6-9(14)8-11(10)15/h6-8,12,16H,4-5H2,1-3H3. The average molecular weight is 244 g/mol. The molecule has 0 aliphatic heterocycles. The molecule has 0 radical (unpaired) electrons. The van der Waals surface area contributed by atoms with Crippen LogP contribution in [0.25, 0.3) is 0 Å². The van der Waals surface area contributed by atoms with Crippen LogP contribution in [0.1, 0.15) is 38.4 Å². The largest absolute Gasteiger partial charge is 0.385 e. The maximum Gasteiger partial charge on any atom is 0.132 e. The SMILES string of the molecule is CCC(CC)(OC)C(O)c1ccc(F)cc1F. The smallest absolute Gasteiger partial charge is 0.132 e. The molecule has 2 nitrogen and oxygen atoms in total. The van der Waals surface area contributed by atoms with Crippen molar-refractivity contribution in [2.24, 2.45) is 0 Å². The van der Waals surface area contributed by atoms with Gasteiger partial charge in [0.15, 0.2) is 0 Å². The number of halogens is 2. The van der Waals surface area contributed by atoms with Gasteiger partial charge in [-0.1, -0.05) is 19.9 Å². The summed E-state index contributed by atoms with van der Waals surface area (Å²) in [4.78, 5) is 0. The lowest BCUT2D eigenvalue weighted by Gasteiger charge is -2.35. The quantitative estimate of drug-likeness (QED) is 0.861. The van der Waals surface area contributed by atoms with E-state index in [1.54, 1.807) is 0 Å². The normalized spacial score (nSPS) is 13.8. The highest BCUT2D eigenvalue weighted by atomic mass is 19.1. The Morgan fingerprint density at radius 3 is 2.29 bits per heavy atom. The zero-order chi connectivity index (χ0) is 13.1. The summed E-state index contributed by atoms with van der Waals surface area (Å²) >= 11 is 0. The van der Waals surface area contributed by atoms with Crippen LogP contribution in [0.4, 0.5) is 8.78 Å². The van der Waals surface area contributed by atoms with Crippen molar-refractivity contribution in [1.29, 1.82) is 0 Å². The van der Waals surface area contributed by atoms with Gasteiger partial charge in [-0.05, 0) is 18.9 Å².